The predicted octanol–water partition coefficient (Wildman–Crippen LogP) is 4.19. The maximum atomic E-state index is 12.4. The van der Waals surface area contributed by atoms with Gasteiger partial charge in [-0.25, -0.2) is 9.97 Å². The number of carbonyl (C=O) groups is 1. The molecule has 3 rings (SSSR count). The van der Waals surface area contributed by atoms with Gasteiger partial charge in [0, 0.05) is 18.5 Å². The molecule has 2 heterocycles. The first kappa shape index (κ1) is 17.0. The van der Waals surface area contributed by atoms with Crippen molar-refractivity contribution in [1.82, 2.24) is 14.5 Å². The fourth-order valence-corrected chi connectivity index (χ4v) is 3.07. The van der Waals surface area contributed by atoms with Crippen LogP contribution in [0.15, 0.2) is 6.07 Å². The van der Waals surface area contributed by atoms with Crippen molar-refractivity contribution in [2.75, 3.05) is 12.4 Å². The summed E-state index contributed by atoms with van der Waals surface area (Å²) in [5.41, 5.74) is 1.20. The van der Waals surface area contributed by atoms with E-state index in [9.17, 15) is 4.79 Å². The van der Waals surface area contributed by atoms with Gasteiger partial charge in [0.05, 0.1) is 7.11 Å². The van der Waals surface area contributed by atoms with E-state index in [0.29, 0.717) is 34.4 Å². The van der Waals surface area contributed by atoms with Gasteiger partial charge in [-0.3, -0.25) is 14.7 Å². The van der Waals surface area contributed by atoms with Crippen LogP contribution in [0, 0.1) is 5.41 Å². The number of nitrogens with one attached hydrogen (secondary N) is 1. The van der Waals surface area contributed by atoms with E-state index in [2.05, 4.69) is 15.3 Å². The quantitative estimate of drug-likeness (QED) is 0.839. The van der Waals surface area contributed by atoms with E-state index in [4.69, 9.17) is 16.3 Å². The zero-order chi connectivity index (χ0) is 17.5. The van der Waals surface area contributed by atoms with Crippen molar-refractivity contribution in [2.45, 2.75) is 52.5 Å². The van der Waals surface area contributed by atoms with Gasteiger partial charge < -0.3 is 4.74 Å². The molecule has 1 aliphatic carbocycles. The fraction of sp³-hybridized carbons (Fsp3) is 0.588. The van der Waals surface area contributed by atoms with Gasteiger partial charge in [-0.05, 0) is 24.7 Å². The number of anilines is 1. The predicted molar refractivity (Wildman–Crippen MR) is 94.7 cm³/mol. The third-order valence-electron chi connectivity index (χ3n) is 4.18. The average Bonchev–Trinajstić information content (AvgIpc) is 2.72. The monoisotopic (exact) mass is 350 g/mol. The van der Waals surface area contributed by atoms with Crippen LogP contribution in [0.4, 0.5) is 5.95 Å². The summed E-state index contributed by atoms with van der Waals surface area (Å²) in [4.78, 5) is 21.4. The highest BCUT2D eigenvalue weighted by Crippen LogP contribution is 2.39. The topological polar surface area (TPSA) is 69.0 Å². The molecular weight excluding hydrogens is 328 g/mol. The maximum absolute atomic E-state index is 12.4. The van der Waals surface area contributed by atoms with Crippen LogP contribution in [0.3, 0.4) is 0 Å². The molecule has 130 valence electrons. The summed E-state index contributed by atoms with van der Waals surface area (Å²) < 4.78 is 7.37. The zero-order valence-electron chi connectivity index (χ0n) is 14.5. The Hall–Kier alpha value is -1.82. The number of nitrogens with zero attached hydrogens (tertiary/aromatic N) is 3. The first-order valence-corrected chi connectivity index (χ1v) is 8.58. The number of ether oxygens (including phenoxy) is 1. The number of amides is 1. The molecule has 0 aromatic carbocycles. The molecule has 0 atom stereocenters. The minimum Gasteiger partial charge on any atom is -0.494 e. The van der Waals surface area contributed by atoms with Crippen molar-refractivity contribution < 1.29 is 9.53 Å². The lowest BCUT2D eigenvalue weighted by atomic mass is 9.92. The van der Waals surface area contributed by atoms with Crippen molar-refractivity contribution in [2.24, 2.45) is 5.41 Å². The number of aromatic nitrogens is 3. The van der Waals surface area contributed by atoms with E-state index in [1.807, 2.05) is 25.3 Å². The molecule has 1 amide bonds. The highest BCUT2D eigenvalue weighted by atomic mass is 35.5. The lowest BCUT2D eigenvalue weighted by molar-refractivity contribution is -0.117. The van der Waals surface area contributed by atoms with Gasteiger partial charge in [-0.15, -0.1) is 0 Å². The van der Waals surface area contributed by atoms with E-state index in [1.165, 1.54) is 0 Å². The van der Waals surface area contributed by atoms with E-state index in [0.717, 1.165) is 19.3 Å². The molecule has 1 aliphatic rings. The number of rotatable bonds is 4. The highest BCUT2D eigenvalue weighted by molar-refractivity contribution is 6.30. The third kappa shape index (κ3) is 3.34. The van der Waals surface area contributed by atoms with Crippen LogP contribution in [-0.2, 0) is 4.79 Å². The second-order valence-electron chi connectivity index (χ2n) is 7.50. The summed E-state index contributed by atoms with van der Waals surface area (Å²) in [7, 11) is 1.57. The minimum absolute atomic E-state index is 0.0524. The Labute approximate surface area is 146 Å². The van der Waals surface area contributed by atoms with E-state index < -0.39 is 0 Å². The van der Waals surface area contributed by atoms with Crippen molar-refractivity contribution >= 4 is 34.6 Å². The molecule has 0 saturated heterocycles. The Balaban J connectivity index is 2.04. The molecule has 2 aromatic rings. The standard InChI is InChI=1S/C17H23ClN4O2/c1-17(2,3)9-13(23)20-16-21-14-11(24-4)8-12(18)19-15(14)22(16)10-6-5-7-10/h8,10H,5-7,9H2,1-4H3,(H,20,21,23). The summed E-state index contributed by atoms with van der Waals surface area (Å²) in [6.45, 7) is 6.10. The molecule has 0 aliphatic heterocycles. The molecule has 6 nitrogen and oxygen atoms in total. The number of pyridine rings is 1. The normalized spacial score (nSPS) is 15.4. The van der Waals surface area contributed by atoms with Gasteiger partial charge >= 0.3 is 0 Å². The largest absolute Gasteiger partial charge is 0.494 e. The SMILES string of the molecule is COc1cc(Cl)nc2c1nc(NC(=O)CC(C)(C)C)n2C1CCC1. The third-order valence-corrected chi connectivity index (χ3v) is 4.38. The highest BCUT2D eigenvalue weighted by Gasteiger charge is 2.28. The fourth-order valence-electron chi connectivity index (χ4n) is 2.89. The zero-order valence-corrected chi connectivity index (χ0v) is 15.3. The molecule has 1 fully saturated rings. The van der Waals surface area contributed by atoms with Crippen LogP contribution in [0.2, 0.25) is 5.15 Å². The molecule has 24 heavy (non-hydrogen) atoms. The van der Waals surface area contributed by atoms with Crippen LogP contribution in [0.1, 0.15) is 52.5 Å². The molecule has 0 spiro atoms. The Morgan fingerprint density at radius 2 is 2.12 bits per heavy atom. The summed E-state index contributed by atoms with van der Waals surface area (Å²) in [6.07, 6.45) is 3.68. The lowest BCUT2D eigenvalue weighted by Crippen LogP contribution is -2.24. The maximum Gasteiger partial charge on any atom is 0.227 e. The smallest absolute Gasteiger partial charge is 0.227 e. The molecule has 1 N–H and O–H groups in total. The Morgan fingerprint density at radius 1 is 1.42 bits per heavy atom. The number of hydrogen-bond acceptors (Lipinski definition) is 4. The van der Waals surface area contributed by atoms with Gasteiger partial charge in [-0.2, -0.15) is 0 Å². The van der Waals surface area contributed by atoms with E-state index >= 15 is 0 Å². The van der Waals surface area contributed by atoms with Gasteiger partial charge in [0.1, 0.15) is 5.15 Å². The van der Waals surface area contributed by atoms with Crippen molar-refractivity contribution in [1.29, 1.82) is 0 Å². The second-order valence-corrected chi connectivity index (χ2v) is 7.88. The van der Waals surface area contributed by atoms with Gasteiger partial charge in [0.15, 0.2) is 16.9 Å². The molecule has 2 aromatic heterocycles. The van der Waals surface area contributed by atoms with E-state index in [1.54, 1.807) is 13.2 Å². The summed E-state index contributed by atoms with van der Waals surface area (Å²) in [5, 5.41) is 3.30. The minimum atomic E-state index is -0.0867. The van der Waals surface area contributed by atoms with Crippen molar-refractivity contribution in [3.63, 3.8) is 0 Å². The van der Waals surface area contributed by atoms with Crippen molar-refractivity contribution in [3.8, 4) is 5.75 Å². The first-order valence-electron chi connectivity index (χ1n) is 8.21. The Bertz CT molecular complexity index is 775. The summed E-state index contributed by atoms with van der Waals surface area (Å²) in [6, 6.07) is 1.93. The lowest BCUT2D eigenvalue weighted by Gasteiger charge is -2.28. The number of methoxy groups -OCH3 is 1. The average molecular weight is 351 g/mol. The van der Waals surface area contributed by atoms with Crippen LogP contribution in [0.25, 0.3) is 11.2 Å². The molecule has 7 heteroatoms. The molecule has 0 radical (unpaired) electrons. The Kier molecular flexibility index (Phi) is 4.42. The summed E-state index contributed by atoms with van der Waals surface area (Å²) in [5.74, 6) is 1.04. The molecule has 0 bridgehead atoms. The molecule has 1 saturated carbocycles. The first-order chi connectivity index (χ1) is 11.3. The van der Waals surface area contributed by atoms with Gasteiger partial charge in [-0.1, -0.05) is 32.4 Å². The molecule has 0 unspecified atom stereocenters. The van der Waals surface area contributed by atoms with Crippen molar-refractivity contribution in [3.05, 3.63) is 11.2 Å². The van der Waals surface area contributed by atoms with E-state index in [-0.39, 0.29) is 17.4 Å². The number of fused-ring (bicyclic) bond motifs is 1. The van der Waals surface area contributed by atoms with Crippen LogP contribution in [-0.4, -0.2) is 27.6 Å². The number of hydrogen-bond donors (Lipinski definition) is 1. The number of halogens is 1. The Morgan fingerprint density at radius 3 is 2.67 bits per heavy atom. The molecular formula is C17H23ClN4O2. The number of imidazole rings is 1. The second kappa shape index (κ2) is 6.24. The van der Waals surface area contributed by atoms with Crippen LogP contribution >= 0.6 is 11.6 Å². The van der Waals surface area contributed by atoms with Gasteiger partial charge in [0.2, 0.25) is 11.9 Å². The van der Waals surface area contributed by atoms with Crippen LogP contribution in [0.5, 0.6) is 5.75 Å². The summed E-state index contributed by atoms with van der Waals surface area (Å²) >= 11 is 6.12. The van der Waals surface area contributed by atoms with Gasteiger partial charge in [0.25, 0.3) is 0 Å². The van der Waals surface area contributed by atoms with Crippen LogP contribution < -0.4 is 10.1 Å². The number of carbonyl (C=O) groups excluding carboxylic acids is 1.